The van der Waals surface area contributed by atoms with Gasteiger partial charge in [-0.1, -0.05) is 26.3 Å². The van der Waals surface area contributed by atoms with E-state index in [4.69, 9.17) is 0 Å². The Balaban J connectivity index is 1.72. The molecule has 3 heteroatoms. The average Bonchev–Trinajstić information content (AvgIpc) is 2.84. The van der Waals surface area contributed by atoms with E-state index in [9.17, 15) is 4.79 Å². The predicted molar refractivity (Wildman–Crippen MR) is 81.8 cm³/mol. The number of hydrogen-bond acceptors (Lipinski definition) is 1. The summed E-state index contributed by atoms with van der Waals surface area (Å²) in [4.78, 5) is 15.5. The van der Waals surface area contributed by atoms with E-state index in [0.717, 1.165) is 29.3 Å². The number of H-pyrrole nitrogens is 1. The molecule has 0 aliphatic heterocycles. The van der Waals surface area contributed by atoms with Crippen LogP contribution in [0.15, 0.2) is 30.5 Å². The van der Waals surface area contributed by atoms with Crippen LogP contribution in [0.1, 0.15) is 49.9 Å². The first kappa shape index (κ1) is 13.2. The molecule has 0 bridgehead atoms. The Morgan fingerprint density at radius 2 is 2.20 bits per heavy atom. The van der Waals surface area contributed by atoms with E-state index in [1.54, 1.807) is 0 Å². The minimum Gasteiger partial charge on any atom is -0.361 e. The van der Waals surface area contributed by atoms with Gasteiger partial charge in [0.05, 0.1) is 0 Å². The Kier molecular flexibility index (Phi) is 3.28. The number of aromatic nitrogens is 1. The van der Waals surface area contributed by atoms with Gasteiger partial charge in [-0.2, -0.15) is 0 Å². The second-order valence-corrected chi connectivity index (χ2v) is 6.71. The molecular formula is C17H22N2O. The van der Waals surface area contributed by atoms with Crippen molar-refractivity contribution in [2.75, 3.05) is 0 Å². The van der Waals surface area contributed by atoms with E-state index < -0.39 is 0 Å². The van der Waals surface area contributed by atoms with E-state index in [1.807, 2.05) is 30.5 Å². The van der Waals surface area contributed by atoms with Gasteiger partial charge in [-0.05, 0) is 48.3 Å². The molecular weight excluding hydrogens is 248 g/mol. The van der Waals surface area contributed by atoms with Gasteiger partial charge in [0.1, 0.15) is 0 Å². The molecule has 3 nitrogen and oxygen atoms in total. The maximum atomic E-state index is 12.4. The third kappa shape index (κ3) is 2.72. The third-order valence-electron chi connectivity index (χ3n) is 4.36. The van der Waals surface area contributed by atoms with Gasteiger partial charge in [0, 0.05) is 23.3 Å². The van der Waals surface area contributed by atoms with Crippen molar-refractivity contribution in [3.63, 3.8) is 0 Å². The van der Waals surface area contributed by atoms with Crippen LogP contribution in [0.2, 0.25) is 0 Å². The molecule has 1 saturated carbocycles. The first-order chi connectivity index (χ1) is 9.53. The van der Waals surface area contributed by atoms with Crippen molar-refractivity contribution in [3.8, 4) is 0 Å². The highest BCUT2D eigenvalue weighted by molar-refractivity contribution is 5.98. The zero-order chi connectivity index (χ0) is 14.2. The number of hydrogen-bond donors (Lipinski definition) is 2. The molecule has 1 aromatic heterocycles. The minimum absolute atomic E-state index is 0.0456. The summed E-state index contributed by atoms with van der Waals surface area (Å²) in [6.45, 7) is 4.58. The SMILES string of the molecule is CC1(C)CCCC(NC(=O)c2ccc3cc[nH]c3c2)C1. The van der Waals surface area contributed by atoms with Gasteiger partial charge in [-0.15, -0.1) is 0 Å². The number of aromatic amines is 1. The summed E-state index contributed by atoms with van der Waals surface area (Å²) >= 11 is 0. The highest BCUT2D eigenvalue weighted by Gasteiger charge is 2.28. The maximum absolute atomic E-state index is 12.4. The first-order valence-electron chi connectivity index (χ1n) is 7.42. The Bertz CT molecular complexity index is 627. The van der Waals surface area contributed by atoms with E-state index in [2.05, 4.69) is 24.1 Å². The molecule has 106 valence electrons. The van der Waals surface area contributed by atoms with E-state index in [-0.39, 0.29) is 5.91 Å². The summed E-state index contributed by atoms with van der Waals surface area (Å²) in [5.74, 6) is 0.0456. The van der Waals surface area contributed by atoms with Crippen LogP contribution in [0.25, 0.3) is 10.9 Å². The monoisotopic (exact) mass is 270 g/mol. The molecule has 1 aliphatic carbocycles. The van der Waals surface area contributed by atoms with Crippen LogP contribution < -0.4 is 5.32 Å². The predicted octanol–water partition coefficient (Wildman–Crippen LogP) is 3.87. The molecule has 1 amide bonds. The number of carbonyl (C=O) groups is 1. The van der Waals surface area contributed by atoms with Crippen LogP contribution in [0.5, 0.6) is 0 Å². The highest BCUT2D eigenvalue weighted by atomic mass is 16.1. The summed E-state index contributed by atoms with van der Waals surface area (Å²) < 4.78 is 0. The lowest BCUT2D eigenvalue weighted by Crippen LogP contribution is -2.40. The third-order valence-corrected chi connectivity index (χ3v) is 4.36. The Hall–Kier alpha value is -1.77. The fourth-order valence-electron chi connectivity index (χ4n) is 3.28. The van der Waals surface area contributed by atoms with Gasteiger partial charge < -0.3 is 10.3 Å². The van der Waals surface area contributed by atoms with Crippen molar-refractivity contribution >= 4 is 16.8 Å². The molecule has 1 aromatic carbocycles. The van der Waals surface area contributed by atoms with Crippen molar-refractivity contribution in [2.45, 2.75) is 45.6 Å². The molecule has 1 unspecified atom stereocenters. The largest absolute Gasteiger partial charge is 0.361 e. The van der Waals surface area contributed by atoms with Gasteiger partial charge in [0.15, 0.2) is 0 Å². The standard InChI is InChI=1S/C17H22N2O/c1-17(2)8-3-4-14(11-17)19-16(20)13-6-5-12-7-9-18-15(12)10-13/h5-7,9-10,14,18H,3-4,8,11H2,1-2H3,(H,19,20). The summed E-state index contributed by atoms with van der Waals surface area (Å²) in [6, 6.07) is 8.15. The molecule has 3 rings (SSSR count). The number of amides is 1. The molecule has 20 heavy (non-hydrogen) atoms. The number of fused-ring (bicyclic) bond motifs is 1. The van der Waals surface area contributed by atoms with E-state index in [0.29, 0.717) is 11.5 Å². The number of carbonyl (C=O) groups excluding carboxylic acids is 1. The van der Waals surface area contributed by atoms with Crippen molar-refractivity contribution < 1.29 is 4.79 Å². The lowest BCUT2D eigenvalue weighted by molar-refractivity contribution is 0.0902. The normalized spacial score (nSPS) is 21.8. The van der Waals surface area contributed by atoms with Crippen molar-refractivity contribution in [3.05, 3.63) is 36.0 Å². The highest BCUT2D eigenvalue weighted by Crippen LogP contribution is 2.35. The first-order valence-corrected chi connectivity index (χ1v) is 7.42. The second-order valence-electron chi connectivity index (χ2n) is 6.71. The summed E-state index contributed by atoms with van der Waals surface area (Å²) in [6.07, 6.45) is 6.53. The molecule has 2 N–H and O–H groups in total. The van der Waals surface area contributed by atoms with Crippen LogP contribution in [-0.4, -0.2) is 16.9 Å². The summed E-state index contributed by atoms with van der Waals surface area (Å²) in [5.41, 5.74) is 2.10. The topological polar surface area (TPSA) is 44.9 Å². The smallest absolute Gasteiger partial charge is 0.251 e. The average molecular weight is 270 g/mol. The van der Waals surface area contributed by atoms with Crippen LogP contribution in [-0.2, 0) is 0 Å². The molecule has 1 aliphatic rings. The minimum atomic E-state index is 0.0456. The summed E-state index contributed by atoms with van der Waals surface area (Å²) in [7, 11) is 0. The Labute approximate surface area is 119 Å². The zero-order valence-electron chi connectivity index (χ0n) is 12.2. The quantitative estimate of drug-likeness (QED) is 0.855. The van der Waals surface area contributed by atoms with Crippen molar-refractivity contribution in [1.82, 2.24) is 10.3 Å². The van der Waals surface area contributed by atoms with Crippen molar-refractivity contribution in [2.24, 2.45) is 5.41 Å². The Morgan fingerprint density at radius 1 is 1.35 bits per heavy atom. The molecule has 1 atom stereocenters. The summed E-state index contributed by atoms with van der Waals surface area (Å²) in [5, 5.41) is 4.33. The van der Waals surface area contributed by atoms with Gasteiger partial charge in [0.2, 0.25) is 0 Å². The Morgan fingerprint density at radius 3 is 3.00 bits per heavy atom. The zero-order valence-corrected chi connectivity index (χ0v) is 12.2. The van der Waals surface area contributed by atoms with Crippen LogP contribution >= 0.6 is 0 Å². The van der Waals surface area contributed by atoms with Crippen LogP contribution in [0.4, 0.5) is 0 Å². The van der Waals surface area contributed by atoms with E-state index in [1.165, 1.54) is 12.8 Å². The fraction of sp³-hybridized carbons (Fsp3) is 0.471. The van der Waals surface area contributed by atoms with Gasteiger partial charge in [0.25, 0.3) is 5.91 Å². The molecule has 1 heterocycles. The van der Waals surface area contributed by atoms with Gasteiger partial charge in [-0.3, -0.25) is 4.79 Å². The molecule has 0 radical (unpaired) electrons. The lowest BCUT2D eigenvalue weighted by Gasteiger charge is -2.35. The number of benzene rings is 1. The fourth-order valence-corrected chi connectivity index (χ4v) is 3.28. The molecule has 0 spiro atoms. The second kappa shape index (κ2) is 4.97. The molecule has 0 saturated heterocycles. The van der Waals surface area contributed by atoms with Gasteiger partial charge >= 0.3 is 0 Å². The molecule has 2 aromatic rings. The van der Waals surface area contributed by atoms with Crippen molar-refractivity contribution in [1.29, 1.82) is 0 Å². The molecule has 1 fully saturated rings. The van der Waals surface area contributed by atoms with E-state index >= 15 is 0 Å². The number of rotatable bonds is 2. The van der Waals surface area contributed by atoms with Crippen LogP contribution in [0.3, 0.4) is 0 Å². The number of nitrogens with one attached hydrogen (secondary N) is 2. The van der Waals surface area contributed by atoms with Crippen LogP contribution in [0, 0.1) is 5.41 Å². The lowest BCUT2D eigenvalue weighted by atomic mass is 9.75. The maximum Gasteiger partial charge on any atom is 0.251 e. The van der Waals surface area contributed by atoms with Gasteiger partial charge in [-0.25, -0.2) is 0 Å².